The zero-order valence-corrected chi connectivity index (χ0v) is 17.2. The van der Waals surface area contributed by atoms with Crippen LogP contribution in [0.25, 0.3) is 11.1 Å². The number of hydrogen-bond donors (Lipinski definition) is 3. The van der Waals surface area contributed by atoms with Crippen LogP contribution >= 0.6 is 0 Å². The molecule has 1 aliphatic rings. The number of nitrogens with zero attached hydrogens (tertiary/aromatic N) is 1. The molecule has 1 atom stereocenters. The van der Waals surface area contributed by atoms with E-state index in [0.717, 1.165) is 22.3 Å². The predicted molar refractivity (Wildman–Crippen MR) is 117 cm³/mol. The van der Waals surface area contributed by atoms with Crippen LogP contribution in [-0.4, -0.2) is 40.7 Å². The van der Waals surface area contributed by atoms with Gasteiger partial charge in [-0.3, -0.25) is 14.9 Å². The number of nitrogens with one attached hydrogen (secondary N) is 2. The highest BCUT2D eigenvalue weighted by atomic mass is 16.5. The van der Waals surface area contributed by atoms with Gasteiger partial charge in [-0.25, -0.2) is 9.78 Å². The molecule has 0 unspecified atom stereocenters. The Hall–Kier alpha value is -4.20. The van der Waals surface area contributed by atoms with Crippen molar-refractivity contribution in [2.45, 2.75) is 18.9 Å². The van der Waals surface area contributed by atoms with Gasteiger partial charge in [0.2, 0.25) is 0 Å². The normalized spacial score (nSPS) is 12.9. The third-order valence-electron chi connectivity index (χ3n) is 5.32. The summed E-state index contributed by atoms with van der Waals surface area (Å²) >= 11 is 0. The van der Waals surface area contributed by atoms with Gasteiger partial charge in [0, 0.05) is 12.1 Å². The monoisotopic (exact) mass is 431 g/mol. The average Bonchev–Trinajstić information content (AvgIpc) is 3.11. The second-order valence-corrected chi connectivity index (χ2v) is 7.38. The first-order chi connectivity index (χ1) is 15.5. The Bertz CT molecular complexity index is 1150. The van der Waals surface area contributed by atoms with Crippen LogP contribution < -0.4 is 10.6 Å². The fraction of sp³-hybridized carbons (Fsp3) is 0.167. The van der Waals surface area contributed by atoms with E-state index in [9.17, 15) is 14.4 Å². The van der Waals surface area contributed by atoms with E-state index in [0.29, 0.717) is 0 Å². The summed E-state index contributed by atoms with van der Waals surface area (Å²) in [6.45, 7) is 1.46. The molecule has 4 rings (SSSR count). The van der Waals surface area contributed by atoms with Crippen LogP contribution in [0.3, 0.4) is 0 Å². The second kappa shape index (κ2) is 8.89. The molecule has 3 N–H and O–H groups in total. The Morgan fingerprint density at radius 1 is 1.00 bits per heavy atom. The van der Waals surface area contributed by atoms with Crippen LogP contribution in [0.15, 0.2) is 66.9 Å². The minimum atomic E-state index is -1.18. The van der Waals surface area contributed by atoms with Gasteiger partial charge in [-0.05, 0) is 41.3 Å². The van der Waals surface area contributed by atoms with Gasteiger partial charge in [0.25, 0.3) is 5.91 Å². The van der Waals surface area contributed by atoms with Gasteiger partial charge in [0.1, 0.15) is 12.6 Å². The molecule has 0 aliphatic heterocycles. The maximum Gasteiger partial charge on any atom is 0.411 e. The largest absolute Gasteiger partial charge is 0.480 e. The summed E-state index contributed by atoms with van der Waals surface area (Å²) in [4.78, 5) is 39.8. The van der Waals surface area contributed by atoms with Crippen molar-refractivity contribution >= 4 is 23.7 Å². The van der Waals surface area contributed by atoms with Crippen molar-refractivity contribution in [1.82, 2.24) is 10.3 Å². The van der Waals surface area contributed by atoms with Crippen LogP contribution in [0, 0.1) is 0 Å². The third-order valence-corrected chi connectivity index (χ3v) is 5.32. The molecule has 2 amide bonds. The lowest BCUT2D eigenvalue weighted by Gasteiger charge is -2.15. The van der Waals surface area contributed by atoms with Crippen molar-refractivity contribution < 1.29 is 24.2 Å². The summed E-state index contributed by atoms with van der Waals surface area (Å²) in [5.41, 5.74) is 4.44. The SMILES string of the molecule is C[C@H](NC(=O)c1ncccc1NC(=O)OCC1c2ccccc2-c2ccccc21)C(=O)O. The molecular weight excluding hydrogens is 410 g/mol. The fourth-order valence-electron chi connectivity index (χ4n) is 3.76. The quantitative estimate of drug-likeness (QED) is 0.548. The molecule has 8 nitrogen and oxygen atoms in total. The van der Waals surface area contributed by atoms with Crippen molar-refractivity contribution in [2.75, 3.05) is 11.9 Å². The van der Waals surface area contributed by atoms with Gasteiger partial charge in [-0.15, -0.1) is 0 Å². The molecule has 3 aromatic rings. The molecule has 0 fully saturated rings. The van der Waals surface area contributed by atoms with Crippen LogP contribution in [0.1, 0.15) is 34.5 Å². The minimum absolute atomic E-state index is 0.0961. The molecular formula is C24H21N3O5. The van der Waals surface area contributed by atoms with Crippen molar-refractivity contribution in [2.24, 2.45) is 0 Å². The number of carboxylic acid groups (broad SMARTS) is 1. The van der Waals surface area contributed by atoms with Crippen molar-refractivity contribution in [3.63, 3.8) is 0 Å². The highest BCUT2D eigenvalue weighted by Gasteiger charge is 2.29. The van der Waals surface area contributed by atoms with Crippen molar-refractivity contribution in [1.29, 1.82) is 0 Å². The molecule has 2 aromatic carbocycles. The number of rotatable bonds is 6. The summed E-state index contributed by atoms with van der Waals surface area (Å²) in [6, 6.07) is 17.9. The molecule has 0 bridgehead atoms. The number of pyridine rings is 1. The van der Waals surface area contributed by atoms with Gasteiger partial charge in [-0.1, -0.05) is 48.5 Å². The number of carboxylic acids is 1. The van der Waals surface area contributed by atoms with Gasteiger partial charge in [-0.2, -0.15) is 0 Å². The van der Waals surface area contributed by atoms with E-state index >= 15 is 0 Å². The number of ether oxygens (including phenoxy) is 1. The van der Waals surface area contributed by atoms with E-state index in [1.165, 1.54) is 19.2 Å². The molecule has 0 saturated carbocycles. The first kappa shape index (κ1) is 21.0. The maximum atomic E-state index is 12.5. The Kier molecular flexibility index (Phi) is 5.85. The maximum absolute atomic E-state index is 12.5. The Morgan fingerprint density at radius 2 is 1.62 bits per heavy atom. The molecule has 162 valence electrons. The standard InChI is InChI=1S/C24H21N3O5/c1-14(23(29)30)26-22(28)21-20(11-6-12-25-21)27-24(31)32-13-19-17-9-4-2-7-15(17)16-8-3-5-10-18(16)19/h2-12,14,19H,13H2,1H3,(H,26,28)(H,27,31)(H,29,30)/t14-/m0/s1. The van der Waals surface area contributed by atoms with Crippen molar-refractivity contribution in [3.05, 3.63) is 83.7 Å². The van der Waals surface area contributed by atoms with Crippen LogP contribution in [0.5, 0.6) is 0 Å². The molecule has 1 aliphatic carbocycles. The van der Waals surface area contributed by atoms with E-state index in [-0.39, 0.29) is 23.9 Å². The molecule has 8 heteroatoms. The fourth-order valence-corrected chi connectivity index (χ4v) is 3.76. The number of carbonyl (C=O) groups excluding carboxylic acids is 2. The summed E-state index contributed by atoms with van der Waals surface area (Å²) in [6.07, 6.45) is 0.642. The third kappa shape index (κ3) is 4.15. The highest BCUT2D eigenvalue weighted by molar-refractivity contribution is 6.02. The highest BCUT2D eigenvalue weighted by Crippen LogP contribution is 2.44. The summed E-state index contributed by atoms with van der Waals surface area (Å²) in [5.74, 6) is -1.99. The number of aromatic nitrogens is 1. The first-order valence-corrected chi connectivity index (χ1v) is 10.1. The second-order valence-electron chi connectivity index (χ2n) is 7.38. The lowest BCUT2D eigenvalue weighted by atomic mass is 9.98. The number of fused-ring (bicyclic) bond motifs is 3. The molecule has 1 heterocycles. The number of amides is 2. The molecule has 0 radical (unpaired) electrons. The van der Waals surface area contributed by atoms with Gasteiger partial charge in [0.05, 0.1) is 5.69 Å². The number of carbonyl (C=O) groups is 3. The lowest BCUT2D eigenvalue weighted by molar-refractivity contribution is -0.138. The minimum Gasteiger partial charge on any atom is -0.480 e. The van der Waals surface area contributed by atoms with E-state index < -0.39 is 24.0 Å². The zero-order chi connectivity index (χ0) is 22.7. The van der Waals surface area contributed by atoms with Gasteiger partial charge >= 0.3 is 12.1 Å². The first-order valence-electron chi connectivity index (χ1n) is 10.1. The van der Waals surface area contributed by atoms with Crippen molar-refractivity contribution in [3.8, 4) is 11.1 Å². The topological polar surface area (TPSA) is 118 Å². The molecule has 1 aromatic heterocycles. The number of anilines is 1. The molecule has 0 spiro atoms. The summed E-state index contributed by atoms with van der Waals surface area (Å²) in [5, 5.41) is 13.8. The summed E-state index contributed by atoms with van der Waals surface area (Å²) in [7, 11) is 0. The Labute approximate surface area is 184 Å². The molecule has 0 saturated heterocycles. The van der Waals surface area contributed by atoms with E-state index in [1.807, 2.05) is 48.5 Å². The van der Waals surface area contributed by atoms with Gasteiger partial charge in [0.15, 0.2) is 5.69 Å². The lowest BCUT2D eigenvalue weighted by Crippen LogP contribution is -2.39. The van der Waals surface area contributed by atoms with Gasteiger partial charge < -0.3 is 15.2 Å². The van der Waals surface area contributed by atoms with Crippen LogP contribution in [-0.2, 0) is 9.53 Å². The predicted octanol–water partition coefficient (Wildman–Crippen LogP) is 3.65. The number of benzene rings is 2. The van der Waals surface area contributed by atoms with E-state index in [4.69, 9.17) is 9.84 Å². The number of hydrogen-bond acceptors (Lipinski definition) is 5. The Morgan fingerprint density at radius 3 is 2.25 bits per heavy atom. The number of aliphatic carboxylic acids is 1. The van der Waals surface area contributed by atoms with Crippen LogP contribution in [0.4, 0.5) is 10.5 Å². The summed E-state index contributed by atoms with van der Waals surface area (Å²) < 4.78 is 5.49. The molecule has 32 heavy (non-hydrogen) atoms. The van der Waals surface area contributed by atoms with Crippen LogP contribution in [0.2, 0.25) is 0 Å². The zero-order valence-electron chi connectivity index (χ0n) is 17.2. The smallest absolute Gasteiger partial charge is 0.411 e. The average molecular weight is 431 g/mol. The van der Waals surface area contributed by atoms with E-state index in [2.05, 4.69) is 15.6 Å². The Balaban J connectivity index is 1.46. The van der Waals surface area contributed by atoms with E-state index in [1.54, 1.807) is 6.07 Å².